The third kappa shape index (κ3) is 2.35. The number of hydrogen-bond acceptors (Lipinski definition) is 5. The first kappa shape index (κ1) is 11.8. The molecule has 0 saturated carbocycles. The van der Waals surface area contributed by atoms with E-state index in [1.54, 1.807) is 36.5 Å². The normalized spacial score (nSPS) is 9.78. The van der Waals surface area contributed by atoms with Gasteiger partial charge in [0, 0.05) is 29.3 Å². The molecule has 0 bridgehead atoms. The summed E-state index contributed by atoms with van der Waals surface area (Å²) in [5.41, 5.74) is 8.12. The van der Waals surface area contributed by atoms with Crippen molar-refractivity contribution in [2.45, 2.75) is 0 Å². The van der Waals surface area contributed by atoms with Crippen molar-refractivity contribution in [2.24, 2.45) is 0 Å². The highest BCUT2D eigenvalue weighted by Gasteiger charge is 2.04. The van der Waals surface area contributed by atoms with Crippen LogP contribution in [-0.4, -0.2) is 17.5 Å². The van der Waals surface area contributed by atoms with E-state index in [9.17, 15) is 4.79 Å². The molecule has 1 heterocycles. The van der Waals surface area contributed by atoms with Crippen molar-refractivity contribution in [1.29, 1.82) is 5.41 Å². The van der Waals surface area contributed by atoms with Gasteiger partial charge >= 0.3 is 0 Å². The van der Waals surface area contributed by atoms with Gasteiger partial charge < -0.3 is 16.5 Å². The number of nitrogens with two attached hydrogens (primary N) is 1. The van der Waals surface area contributed by atoms with Crippen LogP contribution in [0.3, 0.4) is 0 Å². The maximum absolute atomic E-state index is 10.9. The fraction of sp³-hybridized carbons (Fsp3) is 0. The van der Waals surface area contributed by atoms with Crippen LogP contribution in [0.25, 0.3) is 0 Å². The minimum Gasteiger partial charge on any atom is -0.398 e. The maximum atomic E-state index is 10.9. The Balaban J connectivity index is 2.31. The number of carbonyl (C=O) groups excluding carboxylic acids is 1. The number of aldehydes is 1. The molecule has 0 saturated heterocycles. The number of hydrogen-bond donors (Lipinski definition) is 3. The largest absolute Gasteiger partial charge is 0.398 e. The van der Waals surface area contributed by atoms with E-state index in [1.165, 1.54) is 6.21 Å². The lowest BCUT2D eigenvalue weighted by atomic mass is 10.1. The molecular formula is C13H12N4O. The van der Waals surface area contributed by atoms with Gasteiger partial charge in [0.1, 0.15) is 5.82 Å². The van der Waals surface area contributed by atoms with Crippen molar-refractivity contribution in [3.63, 3.8) is 0 Å². The molecule has 0 aliphatic carbocycles. The van der Waals surface area contributed by atoms with Crippen LogP contribution in [0, 0.1) is 5.41 Å². The molecule has 5 heteroatoms. The molecule has 0 spiro atoms. The lowest BCUT2D eigenvalue weighted by Gasteiger charge is -2.09. The van der Waals surface area contributed by atoms with Gasteiger partial charge in [-0.25, -0.2) is 4.98 Å². The maximum Gasteiger partial charge on any atom is 0.153 e. The third-order valence-electron chi connectivity index (χ3n) is 2.47. The van der Waals surface area contributed by atoms with E-state index in [4.69, 9.17) is 11.1 Å². The van der Waals surface area contributed by atoms with Gasteiger partial charge in [0.2, 0.25) is 0 Å². The molecular weight excluding hydrogens is 228 g/mol. The van der Waals surface area contributed by atoms with E-state index in [1.807, 2.05) is 0 Å². The van der Waals surface area contributed by atoms with E-state index in [0.29, 0.717) is 22.6 Å². The smallest absolute Gasteiger partial charge is 0.153 e. The standard InChI is InChI=1S/C13H12N4O/c14-7-9-3-4-11(6-12(9)15)17-13-10(8-18)2-1-5-16-13/h1-8,14H,15H2,(H,16,17). The van der Waals surface area contributed by atoms with Gasteiger partial charge in [-0.15, -0.1) is 0 Å². The van der Waals surface area contributed by atoms with E-state index in [2.05, 4.69) is 10.3 Å². The van der Waals surface area contributed by atoms with Crippen molar-refractivity contribution in [1.82, 2.24) is 4.98 Å². The summed E-state index contributed by atoms with van der Waals surface area (Å²) in [7, 11) is 0. The number of aromatic nitrogens is 1. The van der Waals surface area contributed by atoms with Crippen molar-refractivity contribution < 1.29 is 4.79 Å². The van der Waals surface area contributed by atoms with Crippen molar-refractivity contribution in [3.8, 4) is 0 Å². The molecule has 1 aromatic carbocycles. The molecule has 0 fully saturated rings. The summed E-state index contributed by atoms with van der Waals surface area (Å²) in [5, 5.41) is 10.2. The Morgan fingerprint density at radius 3 is 2.78 bits per heavy atom. The lowest BCUT2D eigenvalue weighted by molar-refractivity contribution is 0.112. The van der Waals surface area contributed by atoms with Gasteiger partial charge in [-0.05, 0) is 30.3 Å². The number of anilines is 3. The zero-order valence-corrected chi connectivity index (χ0v) is 9.55. The number of nitrogen functional groups attached to an aromatic ring is 1. The second-order valence-electron chi connectivity index (χ2n) is 3.67. The molecule has 2 rings (SSSR count). The quantitative estimate of drug-likeness (QED) is 0.434. The Hall–Kier alpha value is -2.69. The van der Waals surface area contributed by atoms with Crippen LogP contribution in [0.5, 0.6) is 0 Å². The number of nitrogens with zero attached hydrogens (tertiary/aromatic N) is 1. The summed E-state index contributed by atoms with van der Waals surface area (Å²) in [6.45, 7) is 0. The Morgan fingerprint density at radius 1 is 1.28 bits per heavy atom. The molecule has 18 heavy (non-hydrogen) atoms. The van der Waals surface area contributed by atoms with Gasteiger partial charge in [-0.3, -0.25) is 4.79 Å². The van der Waals surface area contributed by atoms with Gasteiger partial charge in [0.25, 0.3) is 0 Å². The highest BCUT2D eigenvalue weighted by atomic mass is 16.1. The van der Waals surface area contributed by atoms with Gasteiger partial charge in [-0.1, -0.05) is 0 Å². The first-order valence-electron chi connectivity index (χ1n) is 5.32. The summed E-state index contributed by atoms with van der Waals surface area (Å²) in [4.78, 5) is 14.9. The first-order valence-corrected chi connectivity index (χ1v) is 5.32. The van der Waals surface area contributed by atoms with E-state index >= 15 is 0 Å². The van der Waals surface area contributed by atoms with Crippen LogP contribution < -0.4 is 11.1 Å². The van der Waals surface area contributed by atoms with E-state index in [-0.39, 0.29) is 0 Å². The van der Waals surface area contributed by atoms with Gasteiger partial charge in [-0.2, -0.15) is 0 Å². The van der Waals surface area contributed by atoms with Crippen molar-refractivity contribution in [3.05, 3.63) is 47.7 Å². The van der Waals surface area contributed by atoms with Crippen LogP contribution in [-0.2, 0) is 0 Å². The average molecular weight is 240 g/mol. The third-order valence-corrected chi connectivity index (χ3v) is 2.47. The molecule has 1 aromatic heterocycles. The fourth-order valence-corrected chi connectivity index (χ4v) is 1.54. The number of rotatable bonds is 4. The molecule has 90 valence electrons. The summed E-state index contributed by atoms with van der Waals surface area (Å²) in [6.07, 6.45) is 3.53. The number of nitrogens with one attached hydrogen (secondary N) is 2. The first-order chi connectivity index (χ1) is 8.74. The van der Waals surface area contributed by atoms with Crippen LogP contribution in [0.1, 0.15) is 15.9 Å². The number of benzene rings is 1. The summed E-state index contributed by atoms with van der Waals surface area (Å²) < 4.78 is 0. The molecule has 0 unspecified atom stereocenters. The fourth-order valence-electron chi connectivity index (χ4n) is 1.54. The predicted octanol–water partition coefficient (Wildman–Crippen LogP) is 2.22. The van der Waals surface area contributed by atoms with Gasteiger partial charge in [0.05, 0.1) is 5.56 Å². The van der Waals surface area contributed by atoms with Crippen molar-refractivity contribution in [2.75, 3.05) is 11.1 Å². The van der Waals surface area contributed by atoms with E-state index < -0.39 is 0 Å². The topological polar surface area (TPSA) is 91.9 Å². The van der Waals surface area contributed by atoms with Crippen LogP contribution in [0.15, 0.2) is 36.5 Å². The molecule has 5 nitrogen and oxygen atoms in total. The predicted molar refractivity (Wildman–Crippen MR) is 71.6 cm³/mol. The average Bonchev–Trinajstić information content (AvgIpc) is 2.39. The number of carbonyl (C=O) groups is 1. The summed E-state index contributed by atoms with van der Waals surface area (Å²) in [5.74, 6) is 0.481. The van der Waals surface area contributed by atoms with Gasteiger partial charge in [0.15, 0.2) is 6.29 Å². The Kier molecular flexibility index (Phi) is 3.33. The van der Waals surface area contributed by atoms with E-state index in [0.717, 1.165) is 12.0 Å². The number of pyridine rings is 1. The molecule has 4 N–H and O–H groups in total. The monoisotopic (exact) mass is 240 g/mol. The molecule has 0 aliphatic rings. The van der Waals surface area contributed by atoms with Crippen LogP contribution in [0.4, 0.5) is 17.2 Å². The minimum atomic E-state index is 0.479. The highest BCUT2D eigenvalue weighted by Crippen LogP contribution is 2.21. The SMILES string of the molecule is N=Cc1ccc(Nc2ncccc2C=O)cc1N. The van der Waals surface area contributed by atoms with Crippen LogP contribution >= 0.6 is 0 Å². The zero-order valence-electron chi connectivity index (χ0n) is 9.55. The molecule has 0 aliphatic heterocycles. The summed E-state index contributed by atoms with van der Waals surface area (Å²) >= 11 is 0. The highest BCUT2D eigenvalue weighted by molar-refractivity contribution is 5.88. The Labute approximate surface area is 104 Å². The molecule has 0 radical (unpaired) electrons. The summed E-state index contributed by atoms with van der Waals surface area (Å²) in [6, 6.07) is 8.58. The minimum absolute atomic E-state index is 0.479. The second kappa shape index (κ2) is 5.09. The molecule has 0 amide bonds. The zero-order chi connectivity index (χ0) is 13.0. The Morgan fingerprint density at radius 2 is 2.11 bits per heavy atom. The molecule has 0 atom stereocenters. The lowest BCUT2D eigenvalue weighted by Crippen LogP contribution is -2.00. The molecule has 2 aromatic rings. The Bertz CT molecular complexity index is 595. The van der Waals surface area contributed by atoms with Crippen LogP contribution in [0.2, 0.25) is 0 Å². The van der Waals surface area contributed by atoms with Crippen molar-refractivity contribution >= 4 is 29.7 Å². The second-order valence-corrected chi connectivity index (χ2v) is 3.67.